The molecule has 1 aromatic rings. The molecule has 2 heteroatoms. The number of nitrogens with one attached hydrogen (secondary N) is 1. The summed E-state index contributed by atoms with van der Waals surface area (Å²) in [5.74, 6) is 0.772. The maximum atomic E-state index is 3.82. The third-order valence-corrected chi connectivity index (χ3v) is 5.88. The average Bonchev–Trinajstić information content (AvgIpc) is 2.30. The highest BCUT2D eigenvalue weighted by Gasteiger charge is 2.37. The number of hydrogen-bond acceptors (Lipinski definition) is 1. The molecule has 3 rings (SSSR count). The Morgan fingerprint density at radius 3 is 2.68 bits per heavy atom. The van der Waals surface area contributed by atoms with Gasteiger partial charge in [-0.05, 0) is 61.1 Å². The fraction of sp³-hybridized carbons (Fsp3) is 0.647. The summed E-state index contributed by atoms with van der Waals surface area (Å²) in [7, 11) is 0. The maximum absolute atomic E-state index is 3.82. The van der Waals surface area contributed by atoms with Gasteiger partial charge in [0.05, 0.1) is 0 Å². The van der Waals surface area contributed by atoms with Crippen LogP contribution in [0.4, 0.5) is 0 Å². The van der Waals surface area contributed by atoms with E-state index in [0.717, 1.165) is 12.0 Å². The van der Waals surface area contributed by atoms with E-state index in [1.54, 1.807) is 0 Å². The van der Waals surface area contributed by atoms with Crippen molar-refractivity contribution in [3.8, 4) is 0 Å². The lowest BCUT2D eigenvalue weighted by atomic mass is 9.66. The van der Waals surface area contributed by atoms with Gasteiger partial charge in [0.25, 0.3) is 0 Å². The second-order valence-electron chi connectivity index (χ2n) is 6.51. The normalized spacial score (nSPS) is 28.5. The molecule has 2 aliphatic carbocycles. The summed E-state index contributed by atoms with van der Waals surface area (Å²) in [6.45, 7) is 3.60. The molecule has 1 nitrogen and oxygen atoms in total. The zero-order chi connectivity index (χ0) is 13.3. The molecule has 0 amide bonds. The molecule has 0 spiro atoms. The molecule has 2 fully saturated rings. The van der Waals surface area contributed by atoms with Crippen molar-refractivity contribution in [3.63, 3.8) is 0 Å². The van der Waals surface area contributed by atoms with Crippen molar-refractivity contribution >= 4 is 15.9 Å². The second-order valence-corrected chi connectivity index (χ2v) is 7.42. The minimum atomic E-state index is 0.654. The first-order valence-corrected chi connectivity index (χ1v) is 8.49. The van der Waals surface area contributed by atoms with Crippen LogP contribution in [0.25, 0.3) is 0 Å². The quantitative estimate of drug-likeness (QED) is 0.816. The van der Waals surface area contributed by atoms with Gasteiger partial charge >= 0.3 is 0 Å². The summed E-state index contributed by atoms with van der Waals surface area (Å²) < 4.78 is 1.21. The van der Waals surface area contributed by atoms with Gasteiger partial charge in [0.2, 0.25) is 0 Å². The van der Waals surface area contributed by atoms with Gasteiger partial charge in [-0.25, -0.2) is 0 Å². The molecule has 0 radical (unpaired) electrons. The van der Waals surface area contributed by atoms with Gasteiger partial charge in [-0.3, -0.25) is 0 Å². The fourth-order valence-corrected chi connectivity index (χ4v) is 3.93. The molecule has 0 unspecified atom stereocenters. The topological polar surface area (TPSA) is 12.0 Å². The van der Waals surface area contributed by atoms with E-state index in [1.807, 2.05) is 0 Å². The van der Waals surface area contributed by atoms with E-state index in [1.165, 1.54) is 55.1 Å². The lowest BCUT2D eigenvalue weighted by molar-refractivity contribution is 0.109. The number of hydrogen-bond donors (Lipinski definition) is 1. The first-order chi connectivity index (χ1) is 9.21. The molecule has 0 aromatic heterocycles. The third-order valence-electron chi connectivity index (χ3n) is 5.39. The fourth-order valence-electron chi connectivity index (χ4n) is 3.51. The predicted octanol–water partition coefficient (Wildman–Crippen LogP) is 4.87. The molecule has 2 aliphatic rings. The van der Waals surface area contributed by atoms with Gasteiger partial charge in [0.15, 0.2) is 0 Å². The molecular formula is C17H24BrN. The van der Waals surface area contributed by atoms with Gasteiger partial charge < -0.3 is 5.32 Å². The standard InChI is InChI=1S/C17H24BrN/c1-2-17(7-4-8-17)12-19-16-10-14(11-16)13-5-3-6-15(18)9-13/h3,5-6,9,14,16,19H,2,4,7-8,10-12H2,1H3. The highest BCUT2D eigenvalue weighted by Crippen LogP contribution is 2.44. The summed E-state index contributed by atoms with van der Waals surface area (Å²) >= 11 is 3.57. The van der Waals surface area contributed by atoms with Crippen molar-refractivity contribution in [1.82, 2.24) is 5.32 Å². The first-order valence-electron chi connectivity index (χ1n) is 7.70. The summed E-state index contributed by atoms with van der Waals surface area (Å²) in [5.41, 5.74) is 2.15. The highest BCUT2D eigenvalue weighted by atomic mass is 79.9. The summed E-state index contributed by atoms with van der Waals surface area (Å²) in [5, 5.41) is 3.82. The molecule has 0 saturated heterocycles. The van der Waals surface area contributed by atoms with E-state index in [9.17, 15) is 0 Å². The Labute approximate surface area is 125 Å². The van der Waals surface area contributed by atoms with Crippen molar-refractivity contribution in [3.05, 3.63) is 34.3 Å². The van der Waals surface area contributed by atoms with Crippen molar-refractivity contribution in [2.75, 3.05) is 6.54 Å². The van der Waals surface area contributed by atoms with Gasteiger partial charge in [0.1, 0.15) is 0 Å². The summed E-state index contributed by atoms with van der Waals surface area (Å²) in [6.07, 6.45) is 8.31. The Hall–Kier alpha value is -0.340. The minimum Gasteiger partial charge on any atom is -0.313 e. The Bertz CT molecular complexity index is 427. The molecule has 2 saturated carbocycles. The van der Waals surface area contributed by atoms with E-state index in [0.29, 0.717) is 5.41 Å². The maximum Gasteiger partial charge on any atom is 0.0178 e. The van der Waals surface area contributed by atoms with E-state index in [2.05, 4.69) is 52.4 Å². The average molecular weight is 322 g/mol. The van der Waals surface area contributed by atoms with Crippen LogP contribution in [0.2, 0.25) is 0 Å². The summed E-state index contributed by atoms with van der Waals surface area (Å²) in [4.78, 5) is 0. The van der Waals surface area contributed by atoms with Crippen LogP contribution in [0.1, 0.15) is 56.9 Å². The minimum absolute atomic E-state index is 0.654. The van der Waals surface area contributed by atoms with Gasteiger partial charge in [-0.15, -0.1) is 0 Å². The van der Waals surface area contributed by atoms with Gasteiger partial charge in [-0.2, -0.15) is 0 Å². The van der Waals surface area contributed by atoms with Crippen LogP contribution in [0.15, 0.2) is 28.7 Å². The zero-order valence-corrected chi connectivity index (χ0v) is 13.4. The Morgan fingerprint density at radius 2 is 2.11 bits per heavy atom. The van der Waals surface area contributed by atoms with Crippen LogP contribution in [0, 0.1) is 5.41 Å². The van der Waals surface area contributed by atoms with E-state index in [-0.39, 0.29) is 0 Å². The van der Waals surface area contributed by atoms with Gasteiger partial charge in [-0.1, -0.05) is 41.4 Å². The molecule has 0 bridgehead atoms. The third kappa shape index (κ3) is 2.90. The number of halogens is 1. The van der Waals surface area contributed by atoms with Crippen LogP contribution in [0.3, 0.4) is 0 Å². The molecule has 0 heterocycles. The summed E-state index contributed by atoms with van der Waals surface area (Å²) in [6, 6.07) is 9.57. The molecule has 1 N–H and O–H groups in total. The molecular weight excluding hydrogens is 298 g/mol. The molecule has 104 valence electrons. The van der Waals surface area contributed by atoms with E-state index in [4.69, 9.17) is 0 Å². The van der Waals surface area contributed by atoms with Crippen molar-refractivity contribution in [2.45, 2.75) is 57.4 Å². The number of rotatable bonds is 5. The van der Waals surface area contributed by atoms with E-state index < -0.39 is 0 Å². The van der Waals surface area contributed by atoms with Gasteiger partial charge in [0, 0.05) is 17.1 Å². The van der Waals surface area contributed by atoms with Crippen LogP contribution < -0.4 is 5.32 Å². The Balaban J connectivity index is 1.45. The predicted molar refractivity (Wildman–Crippen MR) is 84.5 cm³/mol. The van der Waals surface area contributed by atoms with Crippen LogP contribution in [-0.4, -0.2) is 12.6 Å². The molecule has 0 atom stereocenters. The SMILES string of the molecule is CCC1(CNC2CC(c3cccc(Br)c3)C2)CCC1. The smallest absolute Gasteiger partial charge is 0.0178 e. The van der Waals surface area contributed by atoms with Crippen molar-refractivity contribution in [1.29, 1.82) is 0 Å². The highest BCUT2D eigenvalue weighted by molar-refractivity contribution is 9.10. The van der Waals surface area contributed by atoms with Crippen LogP contribution >= 0.6 is 15.9 Å². The Kier molecular flexibility index (Phi) is 4.00. The molecule has 0 aliphatic heterocycles. The molecule has 19 heavy (non-hydrogen) atoms. The van der Waals surface area contributed by atoms with E-state index >= 15 is 0 Å². The monoisotopic (exact) mass is 321 g/mol. The Morgan fingerprint density at radius 1 is 1.32 bits per heavy atom. The van der Waals surface area contributed by atoms with Crippen LogP contribution in [-0.2, 0) is 0 Å². The van der Waals surface area contributed by atoms with Crippen molar-refractivity contribution < 1.29 is 0 Å². The molecule has 1 aromatic carbocycles. The second kappa shape index (κ2) is 5.57. The lowest BCUT2D eigenvalue weighted by Crippen LogP contribution is -2.47. The van der Waals surface area contributed by atoms with Crippen LogP contribution in [0.5, 0.6) is 0 Å². The van der Waals surface area contributed by atoms with Crippen molar-refractivity contribution in [2.24, 2.45) is 5.41 Å². The largest absolute Gasteiger partial charge is 0.313 e. The zero-order valence-electron chi connectivity index (χ0n) is 11.8. The first kappa shape index (κ1) is 13.6. The lowest BCUT2D eigenvalue weighted by Gasteiger charge is -2.45. The number of benzene rings is 1.